The molecule has 1 amide bonds. The van der Waals surface area contributed by atoms with Gasteiger partial charge in [-0.3, -0.25) is 4.79 Å². The maximum Gasteiger partial charge on any atom is 0.255 e. The molecule has 1 heterocycles. The highest BCUT2D eigenvalue weighted by atomic mass is 16.3. The van der Waals surface area contributed by atoms with Gasteiger partial charge < -0.3 is 14.8 Å². The lowest BCUT2D eigenvalue weighted by molar-refractivity contribution is 0.102. The van der Waals surface area contributed by atoms with E-state index in [4.69, 9.17) is 9.52 Å². The van der Waals surface area contributed by atoms with Crippen LogP contribution in [-0.4, -0.2) is 22.6 Å². The quantitative estimate of drug-likeness (QED) is 0.759. The molecule has 0 saturated heterocycles. The molecule has 0 bridgehead atoms. The highest BCUT2D eigenvalue weighted by Crippen LogP contribution is 2.19. The summed E-state index contributed by atoms with van der Waals surface area (Å²) in [6.07, 6.45) is 3.61. The summed E-state index contributed by atoms with van der Waals surface area (Å²) in [5, 5.41) is 11.7. The highest BCUT2D eigenvalue weighted by molar-refractivity contribution is 6.04. The minimum absolute atomic E-state index is 0.114. The lowest BCUT2D eigenvalue weighted by Gasteiger charge is -2.07. The van der Waals surface area contributed by atoms with Gasteiger partial charge in [-0.05, 0) is 36.2 Å². The number of carbonyl (C=O) groups excluding carboxylic acids is 1. The van der Waals surface area contributed by atoms with Crippen molar-refractivity contribution in [2.24, 2.45) is 0 Å². The summed E-state index contributed by atoms with van der Waals surface area (Å²) in [6, 6.07) is 14.6. The molecule has 1 aromatic heterocycles. The average molecular weight is 308 g/mol. The number of rotatable bonds is 5. The first kappa shape index (κ1) is 15.0. The summed E-state index contributed by atoms with van der Waals surface area (Å²) in [5.41, 5.74) is 3.18. The fourth-order valence-electron chi connectivity index (χ4n) is 2.23. The van der Waals surface area contributed by atoms with Gasteiger partial charge in [0.25, 0.3) is 5.91 Å². The van der Waals surface area contributed by atoms with Gasteiger partial charge in [-0.15, -0.1) is 0 Å². The Morgan fingerprint density at radius 2 is 1.83 bits per heavy atom. The van der Waals surface area contributed by atoms with Crippen LogP contribution in [0.4, 0.5) is 5.69 Å². The van der Waals surface area contributed by atoms with Crippen molar-refractivity contribution in [3.8, 4) is 11.3 Å². The number of aliphatic hydroxyl groups is 1. The first-order chi connectivity index (χ1) is 11.3. The zero-order valence-electron chi connectivity index (χ0n) is 12.4. The topological polar surface area (TPSA) is 75.4 Å². The first-order valence-electron chi connectivity index (χ1n) is 7.26. The molecule has 0 atom stereocenters. The van der Waals surface area contributed by atoms with Crippen molar-refractivity contribution in [2.45, 2.75) is 6.42 Å². The predicted octanol–water partition coefficient (Wildman–Crippen LogP) is 3.13. The summed E-state index contributed by atoms with van der Waals surface area (Å²) >= 11 is 0. The highest BCUT2D eigenvalue weighted by Gasteiger charge is 2.07. The number of carbonyl (C=O) groups is 1. The SMILES string of the molecule is O=C(Nc1ccc(CCO)cc1)c1ccc(-c2cnco2)cc1. The molecule has 116 valence electrons. The zero-order chi connectivity index (χ0) is 16.1. The summed E-state index contributed by atoms with van der Waals surface area (Å²) in [4.78, 5) is 16.1. The van der Waals surface area contributed by atoms with Gasteiger partial charge in [-0.1, -0.05) is 24.3 Å². The molecule has 23 heavy (non-hydrogen) atoms. The van der Waals surface area contributed by atoms with Crippen molar-refractivity contribution in [3.63, 3.8) is 0 Å². The average Bonchev–Trinajstić information content (AvgIpc) is 3.11. The van der Waals surface area contributed by atoms with Crippen molar-refractivity contribution < 1.29 is 14.3 Å². The third-order valence-electron chi connectivity index (χ3n) is 3.48. The van der Waals surface area contributed by atoms with Gasteiger partial charge in [-0.25, -0.2) is 4.98 Å². The number of hydrogen-bond acceptors (Lipinski definition) is 4. The van der Waals surface area contributed by atoms with E-state index in [0.29, 0.717) is 17.7 Å². The van der Waals surface area contributed by atoms with E-state index in [9.17, 15) is 4.79 Å². The molecule has 0 fully saturated rings. The zero-order valence-corrected chi connectivity index (χ0v) is 12.4. The third-order valence-corrected chi connectivity index (χ3v) is 3.48. The molecular weight excluding hydrogens is 292 g/mol. The van der Waals surface area contributed by atoms with Crippen LogP contribution in [0.5, 0.6) is 0 Å². The van der Waals surface area contributed by atoms with Gasteiger partial charge in [-0.2, -0.15) is 0 Å². The smallest absolute Gasteiger partial charge is 0.255 e. The Balaban J connectivity index is 1.68. The second-order valence-corrected chi connectivity index (χ2v) is 5.07. The van der Waals surface area contributed by atoms with Gasteiger partial charge in [0, 0.05) is 23.4 Å². The Hall–Kier alpha value is -2.92. The molecule has 0 aliphatic rings. The molecule has 3 aromatic rings. The van der Waals surface area contributed by atoms with Crippen LogP contribution in [0.1, 0.15) is 15.9 Å². The second kappa shape index (κ2) is 6.89. The number of benzene rings is 2. The van der Waals surface area contributed by atoms with Crippen molar-refractivity contribution in [2.75, 3.05) is 11.9 Å². The van der Waals surface area contributed by atoms with Gasteiger partial charge in [0.15, 0.2) is 12.2 Å². The number of anilines is 1. The number of oxazole rings is 1. The summed E-state index contributed by atoms with van der Waals surface area (Å²) < 4.78 is 5.22. The molecule has 0 aliphatic carbocycles. The molecule has 2 aromatic carbocycles. The lowest BCUT2D eigenvalue weighted by Crippen LogP contribution is -2.11. The van der Waals surface area contributed by atoms with Crippen molar-refractivity contribution in [1.82, 2.24) is 4.98 Å². The van der Waals surface area contributed by atoms with E-state index >= 15 is 0 Å². The Labute approximate surface area is 133 Å². The monoisotopic (exact) mass is 308 g/mol. The van der Waals surface area contributed by atoms with Crippen LogP contribution < -0.4 is 5.32 Å². The molecular formula is C18H16N2O3. The van der Waals surface area contributed by atoms with Gasteiger partial charge >= 0.3 is 0 Å². The number of amides is 1. The third kappa shape index (κ3) is 3.64. The maximum atomic E-state index is 12.2. The van der Waals surface area contributed by atoms with Crippen molar-refractivity contribution in [1.29, 1.82) is 0 Å². The molecule has 2 N–H and O–H groups in total. The Morgan fingerprint density at radius 1 is 1.09 bits per heavy atom. The Morgan fingerprint density at radius 3 is 2.43 bits per heavy atom. The number of aromatic nitrogens is 1. The van der Waals surface area contributed by atoms with Crippen LogP contribution in [-0.2, 0) is 6.42 Å². The van der Waals surface area contributed by atoms with Crippen LogP contribution in [0.25, 0.3) is 11.3 Å². The number of hydrogen-bond donors (Lipinski definition) is 2. The van der Waals surface area contributed by atoms with Crippen LogP contribution in [0.15, 0.2) is 65.5 Å². The minimum Gasteiger partial charge on any atom is -0.444 e. The number of aliphatic hydroxyl groups excluding tert-OH is 1. The van der Waals surface area contributed by atoms with E-state index in [2.05, 4.69) is 10.3 Å². The molecule has 3 rings (SSSR count). The summed E-state index contributed by atoms with van der Waals surface area (Å²) in [7, 11) is 0. The predicted molar refractivity (Wildman–Crippen MR) is 87.1 cm³/mol. The minimum atomic E-state index is -0.177. The van der Waals surface area contributed by atoms with Gasteiger partial charge in [0.1, 0.15) is 0 Å². The van der Waals surface area contributed by atoms with Crippen LogP contribution in [0.2, 0.25) is 0 Å². The van der Waals surface area contributed by atoms with Crippen LogP contribution in [0, 0.1) is 0 Å². The molecule has 0 saturated carbocycles. The normalized spacial score (nSPS) is 10.5. The standard InChI is InChI=1S/C18H16N2O3/c21-10-9-13-1-7-16(8-2-13)20-18(22)15-5-3-14(4-6-15)17-11-19-12-23-17/h1-8,11-12,21H,9-10H2,(H,20,22). The van der Waals surface area contributed by atoms with Gasteiger partial charge in [0.05, 0.1) is 6.20 Å². The van der Waals surface area contributed by atoms with E-state index in [1.807, 2.05) is 36.4 Å². The van der Waals surface area contributed by atoms with Crippen molar-refractivity contribution in [3.05, 3.63) is 72.2 Å². The summed E-state index contributed by atoms with van der Waals surface area (Å²) in [5.74, 6) is 0.487. The first-order valence-corrected chi connectivity index (χ1v) is 7.26. The van der Waals surface area contributed by atoms with E-state index in [-0.39, 0.29) is 12.5 Å². The van der Waals surface area contributed by atoms with E-state index < -0.39 is 0 Å². The molecule has 5 nitrogen and oxygen atoms in total. The molecule has 0 radical (unpaired) electrons. The van der Waals surface area contributed by atoms with E-state index in [1.54, 1.807) is 18.3 Å². The molecule has 0 spiro atoms. The van der Waals surface area contributed by atoms with Gasteiger partial charge in [0.2, 0.25) is 0 Å². The largest absolute Gasteiger partial charge is 0.444 e. The molecule has 0 unspecified atom stereocenters. The molecule has 0 aliphatic heterocycles. The number of nitrogens with one attached hydrogen (secondary N) is 1. The maximum absolute atomic E-state index is 12.2. The molecule has 5 heteroatoms. The summed E-state index contributed by atoms with van der Waals surface area (Å²) in [6.45, 7) is 0.114. The van der Waals surface area contributed by atoms with Crippen LogP contribution in [0.3, 0.4) is 0 Å². The van der Waals surface area contributed by atoms with E-state index in [0.717, 1.165) is 16.8 Å². The lowest BCUT2D eigenvalue weighted by atomic mass is 10.1. The van der Waals surface area contributed by atoms with Crippen LogP contribution >= 0.6 is 0 Å². The Kier molecular flexibility index (Phi) is 4.49. The Bertz CT molecular complexity index is 763. The fourth-order valence-corrected chi connectivity index (χ4v) is 2.23. The van der Waals surface area contributed by atoms with Crippen molar-refractivity contribution >= 4 is 11.6 Å². The van der Waals surface area contributed by atoms with E-state index in [1.165, 1.54) is 6.39 Å². The number of nitrogens with zero attached hydrogens (tertiary/aromatic N) is 1. The fraction of sp³-hybridized carbons (Fsp3) is 0.111. The second-order valence-electron chi connectivity index (χ2n) is 5.07.